The number of hydrogen-bond acceptors (Lipinski definition) is 4. The first-order valence-electron chi connectivity index (χ1n) is 3.52. The molecule has 0 aliphatic carbocycles. The number of carbonyl (C=O) groups is 2. The van der Waals surface area contributed by atoms with Crippen molar-refractivity contribution in [2.45, 2.75) is 19.4 Å². The van der Waals surface area contributed by atoms with E-state index >= 15 is 0 Å². The van der Waals surface area contributed by atoms with Crippen molar-refractivity contribution in [1.29, 1.82) is 0 Å². The van der Waals surface area contributed by atoms with Gasteiger partial charge in [-0.05, 0) is 13.8 Å². The predicted molar refractivity (Wildman–Crippen MR) is 43.3 cm³/mol. The second-order valence-corrected chi connectivity index (χ2v) is 2.98. The van der Waals surface area contributed by atoms with Crippen LogP contribution in [-0.4, -0.2) is 31.1 Å². The molecule has 0 fully saturated rings. The van der Waals surface area contributed by atoms with Crippen LogP contribution in [0.5, 0.6) is 0 Å². The lowest BCUT2D eigenvalue weighted by Gasteiger charge is -2.16. The summed E-state index contributed by atoms with van der Waals surface area (Å²) in [6.07, 6.45) is 0. The van der Waals surface area contributed by atoms with Crippen molar-refractivity contribution >= 4 is 11.9 Å². The molecule has 0 aromatic heterocycles. The average Bonchev–Trinajstić information content (AvgIpc) is 1.97. The zero-order valence-corrected chi connectivity index (χ0v) is 7.51. The maximum absolute atomic E-state index is 11.0. The summed E-state index contributed by atoms with van der Waals surface area (Å²) in [5.74, 6) is -0.875. The van der Waals surface area contributed by atoms with Gasteiger partial charge >= 0.3 is 5.97 Å². The van der Waals surface area contributed by atoms with E-state index in [0.717, 1.165) is 0 Å². The molecule has 0 bridgehead atoms. The fourth-order valence-corrected chi connectivity index (χ4v) is 0.452. The van der Waals surface area contributed by atoms with Crippen molar-refractivity contribution in [2.24, 2.45) is 5.73 Å². The Labute approximate surface area is 71.3 Å². The molecule has 0 aliphatic heterocycles. The van der Waals surface area contributed by atoms with Gasteiger partial charge in [-0.2, -0.15) is 0 Å². The van der Waals surface area contributed by atoms with Crippen molar-refractivity contribution < 1.29 is 14.3 Å². The topological polar surface area (TPSA) is 81.4 Å². The summed E-state index contributed by atoms with van der Waals surface area (Å²) in [4.78, 5) is 21.6. The van der Waals surface area contributed by atoms with Crippen LogP contribution in [0.3, 0.4) is 0 Å². The van der Waals surface area contributed by atoms with Crippen LogP contribution in [0.25, 0.3) is 0 Å². The molecule has 0 atom stereocenters. The fourth-order valence-electron chi connectivity index (χ4n) is 0.452. The number of carbonyl (C=O) groups excluding carboxylic acids is 2. The number of ether oxygens (including phenoxy) is 1. The Balaban J connectivity index is 3.81. The van der Waals surface area contributed by atoms with E-state index in [4.69, 9.17) is 5.73 Å². The van der Waals surface area contributed by atoms with Gasteiger partial charge in [0, 0.05) is 0 Å². The van der Waals surface area contributed by atoms with E-state index < -0.39 is 11.5 Å². The lowest BCUT2D eigenvalue weighted by molar-refractivity contribution is -0.141. The number of nitrogens with one attached hydrogen (secondary N) is 1. The van der Waals surface area contributed by atoms with E-state index in [0.29, 0.717) is 0 Å². The monoisotopic (exact) mass is 174 g/mol. The minimum atomic E-state index is -0.964. The van der Waals surface area contributed by atoms with Crippen LogP contribution in [0.2, 0.25) is 0 Å². The van der Waals surface area contributed by atoms with E-state index in [-0.39, 0.29) is 12.5 Å². The lowest BCUT2D eigenvalue weighted by atomic mass is 10.1. The van der Waals surface area contributed by atoms with Crippen molar-refractivity contribution in [3.05, 3.63) is 0 Å². The molecular formula is C7H14N2O3. The summed E-state index contributed by atoms with van der Waals surface area (Å²) >= 11 is 0. The van der Waals surface area contributed by atoms with Gasteiger partial charge < -0.3 is 15.8 Å². The zero-order chi connectivity index (χ0) is 9.78. The molecule has 0 heterocycles. The smallest absolute Gasteiger partial charge is 0.325 e. The highest BCUT2D eigenvalue weighted by Crippen LogP contribution is 1.94. The number of methoxy groups -OCH3 is 1. The number of rotatable bonds is 3. The maximum Gasteiger partial charge on any atom is 0.325 e. The van der Waals surface area contributed by atoms with E-state index in [1.54, 1.807) is 13.8 Å². The van der Waals surface area contributed by atoms with Gasteiger partial charge in [0.25, 0.3) is 0 Å². The zero-order valence-electron chi connectivity index (χ0n) is 7.51. The summed E-state index contributed by atoms with van der Waals surface area (Å²) < 4.78 is 4.32. The van der Waals surface area contributed by atoms with Crippen molar-refractivity contribution in [2.75, 3.05) is 13.7 Å². The number of nitrogens with two attached hydrogens (primary N) is 1. The Bertz CT molecular complexity index is 184. The van der Waals surface area contributed by atoms with Crippen LogP contribution in [0.15, 0.2) is 0 Å². The molecule has 0 rings (SSSR count). The third-order valence-corrected chi connectivity index (χ3v) is 1.21. The molecule has 0 saturated carbocycles. The van der Waals surface area contributed by atoms with Crippen molar-refractivity contribution in [3.8, 4) is 0 Å². The summed E-state index contributed by atoms with van der Waals surface area (Å²) in [5, 5.41) is 2.33. The second-order valence-electron chi connectivity index (χ2n) is 2.98. The van der Waals surface area contributed by atoms with Crippen LogP contribution in [0.4, 0.5) is 0 Å². The Hall–Kier alpha value is -1.10. The number of amides is 1. The van der Waals surface area contributed by atoms with Crippen molar-refractivity contribution in [3.63, 3.8) is 0 Å². The molecule has 5 nitrogen and oxygen atoms in total. The Kier molecular flexibility index (Phi) is 3.69. The third-order valence-electron chi connectivity index (χ3n) is 1.21. The van der Waals surface area contributed by atoms with Gasteiger partial charge in [-0.1, -0.05) is 0 Å². The van der Waals surface area contributed by atoms with E-state index in [9.17, 15) is 9.59 Å². The standard InChI is InChI=1S/C7H14N2O3/c1-7(2,8)6(11)9-4-5(10)12-3/h4,8H2,1-3H3,(H,9,11). The first-order chi connectivity index (χ1) is 5.38. The van der Waals surface area contributed by atoms with Gasteiger partial charge in [0.05, 0.1) is 12.6 Å². The quantitative estimate of drug-likeness (QED) is 0.538. The molecule has 0 saturated heterocycles. The Morgan fingerprint density at radius 2 is 2.00 bits per heavy atom. The summed E-state index contributed by atoms with van der Waals surface area (Å²) in [6.45, 7) is 2.97. The summed E-state index contributed by atoms with van der Waals surface area (Å²) in [5.41, 5.74) is 4.48. The van der Waals surface area contributed by atoms with Crippen LogP contribution in [-0.2, 0) is 14.3 Å². The molecule has 0 aromatic rings. The molecule has 5 heteroatoms. The first kappa shape index (κ1) is 10.9. The minimum Gasteiger partial charge on any atom is -0.468 e. The van der Waals surface area contributed by atoms with Gasteiger partial charge in [-0.25, -0.2) is 0 Å². The average molecular weight is 174 g/mol. The Morgan fingerprint density at radius 3 is 2.33 bits per heavy atom. The van der Waals surface area contributed by atoms with Gasteiger partial charge in [0.15, 0.2) is 0 Å². The molecule has 0 radical (unpaired) electrons. The molecule has 0 aromatic carbocycles. The second kappa shape index (κ2) is 4.06. The summed E-state index contributed by atoms with van der Waals surface area (Å²) in [6, 6.07) is 0. The van der Waals surface area contributed by atoms with Crippen LogP contribution >= 0.6 is 0 Å². The molecule has 1 amide bonds. The van der Waals surface area contributed by atoms with Crippen LogP contribution < -0.4 is 11.1 Å². The number of esters is 1. The van der Waals surface area contributed by atoms with Crippen LogP contribution in [0, 0.1) is 0 Å². The van der Waals surface area contributed by atoms with Gasteiger partial charge in [-0.3, -0.25) is 9.59 Å². The van der Waals surface area contributed by atoms with Crippen LogP contribution in [0.1, 0.15) is 13.8 Å². The summed E-state index contributed by atoms with van der Waals surface area (Å²) in [7, 11) is 1.25. The minimum absolute atomic E-state index is 0.143. The lowest BCUT2D eigenvalue weighted by Crippen LogP contribution is -2.50. The molecule has 12 heavy (non-hydrogen) atoms. The normalized spacial score (nSPS) is 10.7. The molecular weight excluding hydrogens is 160 g/mol. The largest absolute Gasteiger partial charge is 0.468 e. The molecule has 0 aliphatic rings. The molecule has 70 valence electrons. The highest BCUT2D eigenvalue weighted by atomic mass is 16.5. The SMILES string of the molecule is COC(=O)CNC(=O)C(C)(C)N. The van der Waals surface area contributed by atoms with E-state index in [2.05, 4.69) is 10.1 Å². The van der Waals surface area contributed by atoms with Gasteiger partial charge in [-0.15, -0.1) is 0 Å². The molecule has 3 N–H and O–H groups in total. The van der Waals surface area contributed by atoms with E-state index in [1.807, 2.05) is 0 Å². The van der Waals surface area contributed by atoms with Gasteiger partial charge in [0.2, 0.25) is 5.91 Å². The van der Waals surface area contributed by atoms with Crippen molar-refractivity contribution in [1.82, 2.24) is 5.32 Å². The molecule has 0 unspecified atom stereocenters. The molecule has 0 spiro atoms. The highest BCUT2D eigenvalue weighted by molar-refractivity contribution is 5.88. The maximum atomic E-state index is 11.0. The third kappa shape index (κ3) is 3.92. The fraction of sp³-hybridized carbons (Fsp3) is 0.714. The predicted octanol–water partition coefficient (Wildman–Crippen LogP) is -0.987. The number of hydrogen-bond donors (Lipinski definition) is 2. The van der Waals surface area contributed by atoms with Gasteiger partial charge in [0.1, 0.15) is 6.54 Å². The highest BCUT2D eigenvalue weighted by Gasteiger charge is 2.21. The first-order valence-corrected chi connectivity index (χ1v) is 3.52. The Morgan fingerprint density at radius 1 is 1.50 bits per heavy atom. The van der Waals surface area contributed by atoms with E-state index in [1.165, 1.54) is 7.11 Å².